The number of carbonyl (C=O) groups excluding carboxylic acids is 2. The molecule has 0 fully saturated rings. The van der Waals surface area contributed by atoms with Crippen LogP contribution in [0.1, 0.15) is 36.7 Å². The normalized spacial score (nSPS) is 13.3. The molecule has 8 heteroatoms. The van der Waals surface area contributed by atoms with E-state index < -0.39 is 11.9 Å². The van der Waals surface area contributed by atoms with E-state index >= 15 is 0 Å². The van der Waals surface area contributed by atoms with Gasteiger partial charge in [0.15, 0.2) is 11.5 Å². The average Bonchev–Trinajstić information content (AvgIpc) is 3.21. The quantitative estimate of drug-likeness (QED) is 0.514. The third-order valence-electron chi connectivity index (χ3n) is 4.45. The summed E-state index contributed by atoms with van der Waals surface area (Å²) in [7, 11) is 0. The van der Waals surface area contributed by atoms with Crippen molar-refractivity contribution in [3.05, 3.63) is 53.6 Å². The van der Waals surface area contributed by atoms with Gasteiger partial charge in [0, 0.05) is 5.56 Å². The Labute approximate surface area is 175 Å². The molecule has 1 unspecified atom stereocenters. The molecule has 2 aromatic carbocycles. The van der Waals surface area contributed by atoms with E-state index in [-0.39, 0.29) is 18.6 Å². The van der Waals surface area contributed by atoms with Gasteiger partial charge in [-0.05, 0) is 60.9 Å². The van der Waals surface area contributed by atoms with Crippen LogP contribution in [0, 0.1) is 5.92 Å². The van der Waals surface area contributed by atoms with E-state index in [0.29, 0.717) is 23.7 Å². The number of fused-ring (bicyclic) bond motifs is 1. The molecule has 0 spiro atoms. The van der Waals surface area contributed by atoms with E-state index in [9.17, 15) is 9.59 Å². The Bertz CT molecular complexity index is 925. The number of benzene rings is 2. The van der Waals surface area contributed by atoms with Crippen LogP contribution in [0.15, 0.2) is 47.6 Å². The first kappa shape index (κ1) is 21.2. The van der Waals surface area contributed by atoms with E-state index in [1.54, 1.807) is 18.2 Å². The van der Waals surface area contributed by atoms with E-state index in [1.165, 1.54) is 6.21 Å². The maximum atomic E-state index is 12.6. The Morgan fingerprint density at radius 2 is 1.87 bits per heavy atom. The topological polar surface area (TPSA) is 98.2 Å². The van der Waals surface area contributed by atoms with Gasteiger partial charge in [0.1, 0.15) is 11.8 Å². The fraction of sp³-hybridized carbons (Fsp3) is 0.318. The fourth-order valence-electron chi connectivity index (χ4n) is 2.85. The highest BCUT2D eigenvalue weighted by Crippen LogP contribution is 2.32. The summed E-state index contributed by atoms with van der Waals surface area (Å²) < 4.78 is 15.9. The predicted molar refractivity (Wildman–Crippen MR) is 112 cm³/mol. The molecule has 0 aromatic heterocycles. The molecule has 1 atom stereocenters. The smallest absolute Gasteiger partial charge is 0.262 e. The van der Waals surface area contributed by atoms with Gasteiger partial charge in [-0.25, -0.2) is 5.43 Å². The number of rotatable bonds is 8. The van der Waals surface area contributed by atoms with Gasteiger partial charge < -0.3 is 19.5 Å². The highest BCUT2D eigenvalue weighted by Gasteiger charge is 2.25. The zero-order chi connectivity index (χ0) is 21.5. The lowest BCUT2D eigenvalue weighted by Crippen LogP contribution is -2.48. The van der Waals surface area contributed by atoms with Gasteiger partial charge in [0.05, 0.1) is 12.8 Å². The van der Waals surface area contributed by atoms with Crippen LogP contribution in [0.4, 0.5) is 0 Å². The largest absolute Gasteiger partial charge is 0.494 e. The van der Waals surface area contributed by atoms with Crippen molar-refractivity contribution in [2.24, 2.45) is 11.0 Å². The minimum Gasteiger partial charge on any atom is -0.494 e. The minimum absolute atomic E-state index is 0.129. The molecule has 1 aliphatic heterocycles. The van der Waals surface area contributed by atoms with Gasteiger partial charge in [-0.3, -0.25) is 9.59 Å². The van der Waals surface area contributed by atoms with Gasteiger partial charge in [0.25, 0.3) is 11.8 Å². The van der Waals surface area contributed by atoms with E-state index in [2.05, 4.69) is 15.8 Å². The number of hydrogen-bond acceptors (Lipinski definition) is 6. The summed E-state index contributed by atoms with van der Waals surface area (Å²) in [6.45, 7) is 6.34. The zero-order valence-corrected chi connectivity index (χ0v) is 17.2. The molecule has 1 heterocycles. The van der Waals surface area contributed by atoms with Gasteiger partial charge in [-0.15, -0.1) is 0 Å². The molecule has 3 rings (SSSR count). The van der Waals surface area contributed by atoms with E-state index in [0.717, 1.165) is 11.3 Å². The zero-order valence-electron chi connectivity index (χ0n) is 17.2. The van der Waals surface area contributed by atoms with Crippen LogP contribution in [-0.4, -0.2) is 37.5 Å². The van der Waals surface area contributed by atoms with Crippen LogP contribution in [0.5, 0.6) is 17.2 Å². The third-order valence-corrected chi connectivity index (χ3v) is 4.45. The van der Waals surface area contributed by atoms with Gasteiger partial charge >= 0.3 is 0 Å². The number of ether oxygens (including phenoxy) is 3. The van der Waals surface area contributed by atoms with E-state index in [4.69, 9.17) is 14.2 Å². The SMILES string of the molecule is CCOc1ccc(C=NNC(=O)C(NC(=O)c2ccc3c(c2)OCO3)C(C)C)cc1. The third kappa shape index (κ3) is 5.28. The number of nitrogens with one attached hydrogen (secondary N) is 2. The van der Waals surface area contributed by atoms with Crippen LogP contribution in [0.2, 0.25) is 0 Å². The number of hydrogen-bond donors (Lipinski definition) is 2. The molecule has 158 valence electrons. The molecule has 2 aromatic rings. The van der Waals surface area contributed by atoms with Crippen molar-refractivity contribution >= 4 is 18.0 Å². The summed E-state index contributed by atoms with van der Waals surface area (Å²) in [4.78, 5) is 25.2. The monoisotopic (exact) mass is 411 g/mol. The summed E-state index contributed by atoms with van der Waals surface area (Å²) in [5.41, 5.74) is 3.68. The lowest BCUT2D eigenvalue weighted by Gasteiger charge is -2.20. The maximum absolute atomic E-state index is 12.6. The molecule has 0 radical (unpaired) electrons. The molecule has 0 saturated carbocycles. The Morgan fingerprint density at radius 1 is 1.13 bits per heavy atom. The maximum Gasteiger partial charge on any atom is 0.262 e. The standard InChI is InChI=1S/C22H25N3O5/c1-4-28-17-8-5-15(6-9-17)12-23-25-22(27)20(14(2)3)24-21(26)16-7-10-18-19(11-16)30-13-29-18/h5-12,14,20H,4,13H2,1-3H3,(H,24,26)(H,25,27). The molecular weight excluding hydrogens is 386 g/mol. The molecular formula is C22H25N3O5. The second kappa shape index (κ2) is 9.78. The van der Waals surface area contributed by atoms with Gasteiger partial charge in [-0.2, -0.15) is 5.10 Å². The fourth-order valence-corrected chi connectivity index (χ4v) is 2.85. The van der Waals surface area contributed by atoms with Gasteiger partial charge in [0.2, 0.25) is 6.79 Å². The first-order chi connectivity index (χ1) is 14.5. The van der Waals surface area contributed by atoms with Crippen LogP contribution >= 0.6 is 0 Å². The van der Waals surface area contributed by atoms with Crippen molar-refractivity contribution in [3.8, 4) is 17.2 Å². The summed E-state index contributed by atoms with van der Waals surface area (Å²) >= 11 is 0. The number of amides is 2. The molecule has 1 aliphatic rings. The predicted octanol–water partition coefficient (Wildman–Crippen LogP) is 2.72. The number of hydrazone groups is 1. The highest BCUT2D eigenvalue weighted by atomic mass is 16.7. The molecule has 0 bridgehead atoms. The van der Waals surface area contributed by atoms with Crippen LogP contribution < -0.4 is 25.0 Å². The van der Waals surface area contributed by atoms with Crippen molar-refractivity contribution in [2.45, 2.75) is 26.8 Å². The van der Waals surface area contributed by atoms with Crippen molar-refractivity contribution in [3.63, 3.8) is 0 Å². The van der Waals surface area contributed by atoms with Crippen molar-refractivity contribution in [1.29, 1.82) is 0 Å². The number of carbonyl (C=O) groups is 2. The van der Waals surface area contributed by atoms with Crippen molar-refractivity contribution in [1.82, 2.24) is 10.7 Å². The molecule has 0 aliphatic carbocycles. The first-order valence-electron chi connectivity index (χ1n) is 9.74. The molecule has 2 amide bonds. The lowest BCUT2D eigenvalue weighted by molar-refractivity contribution is -0.123. The lowest BCUT2D eigenvalue weighted by atomic mass is 10.0. The Morgan fingerprint density at radius 3 is 2.57 bits per heavy atom. The second-order valence-electron chi connectivity index (χ2n) is 7.00. The average molecular weight is 411 g/mol. The Hall–Kier alpha value is -3.55. The molecule has 2 N–H and O–H groups in total. The minimum atomic E-state index is -0.750. The number of nitrogens with zero attached hydrogens (tertiary/aromatic N) is 1. The Kier molecular flexibility index (Phi) is 6.90. The molecule has 8 nitrogen and oxygen atoms in total. The summed E-state index contributed by atoms with van der Waals surface area (Å²) in [6, 6.07) is 11.5. The first-order valence-corrected chi connectivity index (χ1v) is 9.74. The summed E-state index contributed by atoms with van der Waals surface area (Å²) in [6.07, 6.45) is 1.53. The van der Waals surface area contributed by atoms with Crippen molar-refractivity contribution < 1.29 is 23.8 Å². The van der Waals surface area contributed by atoms with Crippen LogP contribution in [0.25, 0.3) is 0 Å². The molecule has 30 heavy (non-hydrogen) atoms. The Balaban J connectivity index is 1.59. The van der Waals surface area contributed by atoms with E-state index in [1.807, 2.05) is 45.0 Å². The summed E-state index contributed by atoms with van der Waals surface area (Å²) in [5, 5.41) is 6.75. The van der Waals surface area contributed by atoms with Gasteiger partial charge in [-0.1, -0.05) is 13.8 Å². The molecule has 0 saturated heterocycles. The van der Waals surface area contributed by atoms with Crippen molar-refractivity contribution in [2.75, 3.05) is 13.4 Å². The summed E-state index contributed by atoms with van der Waals surface area (Å²) in [5.74, 6) is 0.953. The highest BCUT2D eigenvalue weighted by molar-refractivity contribution is 5.98. The van der Waals surface area contributed by atoms with Crippen LogP contribution in [-0.2, 0) is 4.79 Å². The second-order valence-corrected chi connectivity index (χ2v) is 7.00. The van der Waals surface area contributed by atoms with Crippen LogP contribution in [0.3, 0.4) is 0 Å².